The molecule has 0 unspecified atom stereocenters. The zero-order valence-corrected chi connectivity index (χ0v) is 15.4. The molecule has 0 aliphatic heterocycles. The second-order valence-electron chi connectivity index (χ2n) is 5.42. The lowest BCUT2D eigenvalue weighted by Crippen LogP contribution is -2.28. The molecule has 0 spiro atoms. The topological polar surface area (TPSA) is 66.5 Å². The Bertz CT molecular complexity index is 950. The van der Waals surface area contributed by atoms with Crippen LogP contribution in [0, 0.1) is 18.2 Å². The number of amides is 1. The Morgan fingerprint density at radius 2 is 2.00 bits per heavy atom. The lowest BCUT2D eigenvalue weighted by molar-refractivity contribution is 0.0783. The van der Waals surface area contributed by atoms with E-state index in [9.17, 15) is 17.6 Å². The van der Waals surface area contributed by atoms with Crippen molar-refractivity contribution >= 4 is 27.5 Å². The van der Waals surface area contributed by atoms with Crippen LogP contribution in [0.3, 0.4) is 0 Å². The zero-order valence-electron chi connectivity index (χ0n) is 13.9. The first-order valence-electron chi connectivity index (χ1n) is 7.48. The van der Waals surface area contributed by atoms with Gasteiger partial charge in [0.15, 0.2) is 0 Å². The molecule has 0 bridgehead atoms. The number of carbonyl (C=O) groups is 1. The van der Waals surface area contributed by atoms with Gasteiger partial charge in [0.1, 0.15) is 5.82 Å². The first kappa shape index (κ1) is 19.9. The highest BCUT2D eigenvalue weighted by Crippen LogP contribution is 2.21. The van der Waals surface area contributed by atoms with Gasteiger partial charge in [-0.1, -0.05) is 29.7 Å². The van der Waals surface area contributed by atoms with Crippen molar-refractivity contribution in [1.82, 2.24) is 9.62 Å². The van der Waals surface area contributed by atoms with Crippen LogP contribution in [0.25, 0.3) is 0 Å². The molecule has 2 rings (SSSR count). The largest absolute Gasteiger partial charge is 0.337 e. The predicted octanol–water partition coefficient (Wildman–Crippen LogP) is 2.66. The van der Waals surface area contributed by atoms with E-state index in [1.165, 1.54) is 54.4 Å². The quantitative estimate of drug-likeness (QED) is 0.766. The third kappa shape index (κ3) is 4.61. The van der Waals surface area contributed by atoms with Crippen LogP contribution in [-0.4, -0.2) is 32.8 Å². The van der Waals surface area contributed by atoms with Crippen molar-refractivity contribution < 1.29 is 17.6 Å². The first-order valence-corrected chi connectivity index (χ1v) is 9.34. The number of hydrogen-bond acceptors (Lipinski definition) is 3. The monoisotopic (exact) mass is 394 g/mol. The van der Waals surface area contributed by atoms with Gasteiger partial charge in [-0.25, -0.2) is 12.8 Å². The van der Waals surface area contributed by atoms with Crippen molar-refractivity contribution in [1.29, 1.82) is 0 Å². The summed E-state index contributed by atoms with van der Waals surface area (Å²) in [5.41, 5.74) is 0.327. The number of terminal acetylenes is 1. The molecule has 5 nitrogen and oxygen atoms in total. The molecule has 1 N–H and O–H groups in total. The smallest absolute Gasteiger partial charge is 0.253 e. The average molecular weight is 395 g/mol. The van der Waals surface area contributed by atoms with Gasteiger partial charge in [-0.3, -0.25) is 4.79 Å². The highest BCUT2D eigenvalue weighted by atomic mass is 35.5. The number of nitrogens with one attached hydrogen (secondary N) is 1. The summed E-state index contributed by atoms with van der Waals surface area (Å²) in [6.45, 7) is -0.219. The van der Waals surface area contributed by atoms with E-state index in [4.69, 9.17) is 18.0 Å². The van der Waals surface area contributed by atoms with Crippen molar-refractivity contribution in [2.24, 2.45) is 0 Å². The van der Waals surface area contributed by atoms with Gasteiger partial charge in [-0.05, 0) is 30.3 Å². The highest BCUT2D eigenvalue weighted by Gasteiger charge is 2.19. The molecule has 0 fully saturated rings. The molecule has 8 heteroatoms. The molecule has 0 aliphatic rings. The third-order valence-corrected chi connectivity index (χ3v) is 5.31. The van der Waals surface area contributed by atoms with E-state index in [0.717, 1.165) is 0 Å². The number of carbonyl (C=O) groups excluding carboxylic acids is 1. The Morgan fingerprint density at radius 3 is 2.65 bits per heavy atom. The molecular weight excluding hydrogens is 379 g/mol. The normalized spacial score (nSPS) is 11.0. The van der Waals surface area contributed by atoms with Crippen LogP contribution in [-0.2, 0) is 16.6 Å². The van der Waals surface area contributed by atoms with E-state index in [-0.39, 0.29) is 34.1 Å². The van der Waals surface area contributed by atoms with Gasteiger partial charge in [-0.2, -0.15) is 4.72 Å². The van der Waals surface area contributed by atoms with Crippen LogP contribution in [0.2, 0.25) is 5.02 Å². The summed E-state index contributed by atoms with van der Waals surface area (Å²) < 4.78 is 40.3. The van der Waals surface area contributed by atoms with Crippen molar-refractivity contribution in [3.05, 3.63) is 64.4 Å². The summed E-state index contributed by atoms with van der Waals surface area (Å²) >= 11 is 5.98. The van der Waals surface area contributed by atoms with Crippen LogP contribution in [0.5, 0.6) is 0 Å². The minimum atomic E-state index is -3.82. The van der Waals surface area contributed by atoms with E-state index in [1.54, 1.807) is 0 Å². The second kappa shape index (κ2) is 8.32. The SMILES string of the molecule is C#CCNS(=O)(=O)c1cccc(C(=O)N(C)Cc2c(F)cccc2Cl)c1. The number of benzene rings is 2. The maximum absolute atomic E-state index is 13.9. The summed E-state index contributed by atoms with van der Waals surface area (Å²) in [5, 5.41) is 0.208. The summed E-state index contributed by atoms with van der Waals surface area (Å²) in [6, 6.07) is 9.76. The zero-order chi connectivity index (χ0) is 19.3. The van der Waals surface area contributed by atoms with Crippen LogP contribution in [0.1, 0.15) is 15.9 Å². The number of halogens is 2. The molecule has 0 heterocycles. The van der Waals surface area contributed by atoms with Crippen molar-refractivity contribution in [3.8, 4) is 12.3 Å². The summed E-state index contributed by atoms with van der Waals surface area (Å²) in [7, 11) is -2.35. The fourth-order valence-electron chi connectivity index (χ4n) is 2.23. The average Bonchev–Trinajstić information content (AvgIpc) is 2.62. The molecular formula is C18H16ClFN2O3S. The fraction of sp³-hybridized carbons (Fsp3) is 0.167. The maximum Gasteiger partial charge on any atom is 0.253 e. The summed E-state index contributed by atoms with van der Waals surface area (Å²) in [6.07, 6.45) is 5.05. The molecule has 0 radical (unpaired) electrons. The lowest BCUT2D eigenvalue weighted by Gasteiger charge is -2.19. The van der Waals surface area contributed by atoms with Crippen LogP contribution < -0.4 is 4.72 Å². The molecule has 1 amide bonds. The number of hydrogen-bond donors (Lipinski definition) is 1. The van der Waals surface area contributed by atoms with Gasteiger partial charge in [-0.15, -0.1) is 6.42 Å². The lowest BCUT2D eigenvalue weighted by atomic mass is 10.1. The number of sulfonamides is 1. The van der Waals surface area contributed by atoms with Crippen LogP contribution >= 0.6 is 11.6 Å². The van der Waals surface area contributed by atoms with E-state index in [0.29, 0.717) is 0 Å². The third-order valence-electron chi connectivity index (χ3n) is 3.56. The Balaban J connectivity index is 2.24. The van der Waals surface area contributed by atoms with Gasteiger partial charge in [0, 0.05) is 29.7 Å². The van der Waals surface area contributed by atoms with E-state index < -0.39 is 21.7 Å². The molecule has 2 aromatic rings. The van der Waals surface area contributed by atoms with Gasteiger partial charge in [0.2, 0.25) is 10.0 Å². The Morgan fingerprint density at radius 1 is 1.31 bits per heavy atom. The molecule has 26 heavy (non-hydrogen) atoms. The van der Waals surface area contributed by atoms with Gasteiger partial charge < -0.3 is 4.90 Å². The van der Waals surface area contributed by atoms with Crippen molar-refractivity contribution in [2.75, 3.05) is 13.6 Å². The summed E-state index contributed by atoms with van der Waals surface area (Å²) in [4.78, 5) is 13.7. The van der Waals surface area contributed by atoms with E-state index in [2.05, 4.69) is 10.6 Å². The Hall–Kier alpha value is -2.40. The minimum absolute atomic E-state index is 0.0589. The predicted molar refractivity (Wildman–Crippen MR) is 97.7 cm³/mol. The van der Waals surface area contributed by atoms with E-state index >= 15 is 0 Å². The molecule has 0 aliphatic carbocycles. The molecule has 2 aromatic carbocycles. The van der Waals surface area contributed by atoms with Crippen molar-refractivity contribution in [2.45, 2.75) is 11.4 Å². The summed E-state index contributed by atoms with van der Waals surface area (Å²) in [5.74, 6) is 1.18. The molecule has 0 saturated carbocycles. The Labute approximate surface area is 156 Å². The fourth-order valence-corrected chi connectivity index (χ4v) is 3.43. The minimum Gasteiger partial charge on any atom is -0.337 e. The number of rotatable bonds is 6. The van der Waals surface area contributed by atoms with E-state index in [1.807, 2.05) is 0 Å². The molecule has 0 atom stereocenters. The van der Waals surface area contributed by atoms with Gasteiger partial charge >= 0.3 is 0 Å². The van der Waals surface area contributed by atoms with Crippen LogP contribution in [0.4, 0.5) is 4.39 Å². The molecule has 0 saturated heterocycles. The maximum atomic E-state index is 13.9. The highest BCUT2D eigenvalue weighted by molar-refractivity contribution is 7.89. The Kier molecular flexibility index (Phi) is 6.37. The molecule has 136 valence electrons. The van der Waals surface area contributed by atoms with Gasteiger partial charge in [0.25, 0.3) is 5.91 Å². The standard InChI is InChI=1S/C18H16ClFN2O3S/c1-3-10-21-26(24,25)14-7-4-6-13(11-14)18(23)22(2)12-15-16(19)8-5-9-17(15)20/h1,4-9,11,21H,10,12H2,2H3. The van der Waals surface area contributed by atoms with Gasteiger partial charge in [0.05, 0.1) is 11.4 Å². The first-order chi connectivity index (χ1) is 12.3. The van der Waals surface area contributed by atoms with Crippen LogP contribution in [0.15, 0.2) is 47.4 Å². The molecule has 0 aromatic heterocycles. The van der Waals surface area contributed by atoms with Crippen molar-refractivity contribution in [3.63, 3.8) is 0 Å². The number of nitrogens with zero attached hydrogens (tertiary/aromatic N) is 1. The second-order valence-corrected chi connectivity index (χ2v) is 7.59.